The third kappa shape index (κ3) is 3.43. The number of allylic oxidation sites excluding steroid dienone is 1. The average Bonchev–Trinajstić information content (AvgIpc) is 2.29. The number of anilines is 1. The van der Waals surface area contributed by atoms with Gasteiger partial charge in [-0.2, -0.15) is 5.26 Å². The molecule has 16 heavy (non-hydrogen) atoms. The van der Waals surface area contributed by atoms with Gasteiger partial charge in [0.05, 0.1) is 11.6 Å². The largest absolute Gasteiger partial charge is 0.382 e. The Morgan fingerprint density at radius 2 is 2.25 bits per heavy atom. The predicted octanol–water partition coefficient (Wildman–Crippen LogP) is 3.57. The maximum absolute atomic E-state index is 8.80. The molecule has 0 saturated carbocycles. The van der Waals surface area contributed by atoms with Gasteiger partial charge in [-0.05, 0) is 37.5 Å². The third-order valence-electron chi connectivity index (χ3n) is 2.78. The number of hydrogen-bond donors (Lipinski definition) is 1. The van der Waals surface area contributed by atoms with Crippen molar-refractivity contribution in [3.63, 3.8) is 0 Å². The van der Waals surface area contributed by atoms with E-state index in [0.29, 0.717) is 17.5 Å². The quantitative estimate of drug-likeness (QED) is 0.760. The fourth-order valence-electron chi connectivity index (χ4n) is 1.55. The lowest BCUT2D eigenvalue weighted by Gasteiger charge is -2.21. The van der Waals surface area contributed by atoms with E-state index in [1.165, 1.54) is 0 Å². The van der Waals surface area contributed by atoms with Crippen LogP contribution in [0.2, 0.25) is 0 Å². The van der Waals surface area contributed by atoms with Crippen LogP contribution in [0.15, 0.2) is 36.9 Å². The molecular weight excluding hydrogens is 196 g/mol. The molecule has 0 aliphatic rings. The van der Waals surface area contributed by atoms with E-state index < -0.39 is 0 Å². The Bertz CT molecular complexity index is 390. The fourth-order valence-corrected chi connectivity index (χ4v) is 1.55. The second kappa shape index (κ2) is 5.97. The Balaban J connectivity index is 2.65. The van der Waals surface area contributed by atoms with Crippen LogP contribution in [0.3, 0.4) is 0 Å². The van der Waals surface area contributed by atoms with Gasteiger partial charge in [-0.3, -0.25) is 0 Å². The summed E-state index contributed by atoms with van der Waals surface area (Å²) in [4.78, 5) is 0. The van der Waals surface area contributed by atoms with Gasteiger partial charge in [-0.15, -0.1) is 6.58 Å². The smallest absolute Gasteiger partial charge is 0.0992 e. The van der Waals surface area contributed by atoms with Crippen LogP contribution in [0, 0.1) is 17.2 Å². The van der Waals surface area contributed by atoms with Gasteiger partial charge < -0.3 is 5.32 Å². The van der Waals surface area contributed by atoms with Crippen molar-refractivity contribution < 1.29 is 0 Å². The Morgan fingerprint density at radius 1 is 1.50 bits per heavy atom. The van der Waals surface area contributed by atoms with Crippen molar-refractivity contribution >= 4 is 5.69 Å². The topological polar surface area (TPSA) is 35.8 Å². The van der Waals surface area contributed by atoms with E-state index in [0.717, 1.165) is 12.1 Å². The summed E-state index contributed by atoms with van der Waals surface area (Å²) in [7, 11) is 0. The summed E-state index contributed by atoms with van der Waals surface area (Å²) in [5, 5.41) is 12.2. The molecule has 2 unspecified atom stereocenters. The van der Waals surface area contributed by atoms with Gasteiger partial charge in [0.2, 0.25) is 0 Å². The average molecular weight is 214 g/mol. The van der Waals surface area contributed by atoms with Crippen molar-refractivity contribution in [2.24, 2.45) is 5.92 Å². The van der Waals surface area contributed by atoms with Gasteiger partial charge >= 0.3 is 0 Å². The molecule has 2 atom stereocenters. The molecule has 0 aliphatic carbocycles. The van der Waals surface area contributed by atoms with E-state index in [2.05, 4.69) is 31.8 Å². The standard InChI is InChI=1S/C14H18N2/c1-4-6-11(2)12(3)16-14-8-5-7-13(9-14)10-15/h4-5,7-9,11-12,16H,1,6H2,2-3H3. The molecule has 2 heteroatoms. The van der Waals surface area contributed by atoms with Gasteiger partial charge in [0.15, 0.2) is 0 Å². The molecule has 84 valence electrons. The Labute approximate surface area is 97.6 Å². The molecule has 1 aromatic carbocycles. The van der Waals surface area contributed by atoms with Crippen molar-refractivity contribution in [2.75, 3.05) is 5.32 Å². The van der Waals surface area contributed by atoms with Crippen molar-refractivity contribution in [3.05, 3.63) is 42.5 Å². The minimum Gasteiger partial charge on any atom is -0.382 e. The molecule has 0 radical (unpaired) electrons. The maximum atomic E-state index is 8.80. The lowest BCUT2D eigenvalue weighted by atomic mass is 9.99. The van der Waals surface area contributed by atoms with Crippen molar-refractivity contribution in [3.8, 4) is 6.07 Å². The van der Waals surface area contributed by atoms with Gasteiger partial charge in [0.25, 0.3) is 0 Å². The molecule has 0 spiro atoms. The molecule has 0 heterocycles. The molecule has 0 fully saturated rings. The Kier molecular flexibility index (Phi) is 4.60. The van der Waals surface area contributed by atoms with Crippen LogP contribution >= 0.6 is 0 Å². The summed E-state index contributed by atoms with van der Waals surface area (Å²) in [5.74, 6) is 0.531. The number of nitriles is 1. The van der Waals surface area contributed by atoms with Crippen LogP contribution in [0.4, 0.5) is 5.69 Å². The lowest BCUT2D eigenvalue weighted by Crippen LogP contribution is -2.23. The van der Waals surface area contributed by atoms with Gasteiger partial charge in [-0.25, -0.2) is 0 Å². The summed E-state index contributed by atoms with van der Waals surface area (Å²) in [6, 6.07) is 10.1. The summed E-state index contributed by atoms with van der Waals surface area (Å²) in [6.45, 7) is 8.08. The molecular formula is C14H18N2. The Morgan fingerprint density at radius 3 is 2.88 bits per heavy atom. The highest BCUT2D eigenvalue weighted by Crippen LogP contribution is 2.16. The molecule has 0 saturated heterocycles. The fraction of sp³-hybridized carbons (Fsp3) is 0.357. The molecule has 1 aromatic rings. The normalized spacial score (nSPS) is 13.6. The first-order valence-electron chi connectivity index (χ1n) is 5.55. The molecule has 1 rings (SSSR count). The molecule has 0 amide bonds. The van der Waals surface area contributed by atoms with Gasteiger partial charge in [-0.1, -0.05) is 19.1 Å². The second-order valence-corrected chi connectivity index (χ2v) is 4.13. The van der Waals surface area contributed by atoms with E-state index >= 15 is 0 Å². The van der Waals surface area contributed by atoms with Crippen molar-refractivity contribution in [2.45, 2.75) is 26.3 Å². The lowest BCUT2D eigenvalue weighted by molar-refractivity contribution is 0.517. The highest BCUT2D eigenvalue weighted by molar-refractivity contribution is 5.49. The van der Waals surface area contributed by atoms with Crippen molar-refractivity contribution in [1.82, 2.24) is 0 Å². The molecule has 0 bridgehead atoms. The van der Waals surface area contributed by atoms with Crippen molar-refractivity contribution in [1.29, 1.82) is 5.26 Å². The van der Waals surface area contributed by atoms with Crippen LogP contribution in [-0.4, -0.2) is 6.04 Å². The van der Waals surface area contributed by atoms with Crippen LogP contribution in [0.5, 0.6) is 0 Å². The highest BCUT2D eigenvalue weighted by Gasteiger charge is 2.10. The first kappa shape index (κ1) is 12.3. The number of nitrogens with zero attached hydrogens (tertiary/aromatic N) is 1. The Hall–Kier alpha value is -1.75. The summed E-state index contributed by atoms with van der Waals surface area (Å²) < 4.78 is 0. The number of rotatable bonds is 5. The monoisotopic (exact) mass is 214 g/mol. The zero-order chi connectivity index (χ0) is 12.0. The minimum atomic E-state index is 0.368. The van der Waals surface area contributed by atoms with Crippen LogP contribution in [0.25, 0.3) is 0 Å². The summed E-state index contributed by atoms with van der Waals surface area (Å²) in [5.41, 5.74) is 1.69. The third-order valence-corrected chi connectivity index (χ3v) is 2.78. The number of benzene rings is 1. The zero-order valence-corrected chi connectivity index (χ0v) is 9.90. The molecule has 0 aromatic heterocycles. The van der Waals surface area contributed by atoms with E-state index in [4.69, 9.17) is 5.26 Å². The highest BCUT2D eigenvalue weighted by atomic mass is 14.9. The van der Waals surface area contributed by atoms with E-state index in [-0.39, 0.29) is 0 Å². The van der Waals surface area contributed by atoms with Gasteiger partial charge in [0, 0.05) is 11.7 Å². The van der Waals surface area contributed by atoms with Crippen LogP contribution in [0.1, 0.15) is 25.8 Å². The number of hydrogen-bond acceptors (Lipinski definition) is 2. The predicted molar refractivity (Wildman–Crippen MR) is 68.2 cm³/mol. The SMILES string of the molecule is C=CCC(C)C(C)Nc1cccc(C#N)c1. The van der Waals surface area contributed by atoms with E-state index in [9.17, 15) is 0 Å². The zero-order valence-electron chi connectivity index (χ0n) is 9.90. The summed E-state index contributed by atoms with van der Waals surface area (Å²) in [6.07, 6.45) is 2.93. The summed E-state index contributed by atoms with van der Waals surface area (Å²) >= 11 is 0. The first-order chi connectivity index (χ1) is 7.67. The first-order valence-corrected chi connectivity index (χ1v) is 5.55. The van der Waals surface area contributed by atoms with E-state index in [1.54, 1.807) is 0 Å². The minimum absolute atomic E-state index is 0.368. The van der Waals surface area contributed by atoms with E-state index in [1.807, 2.05) is 30.3 Å². The maximum Gasteiger partial charge on any atom is 0.0992 e. The molecule has 1 N–H and O–H groups in total. The molecule has 2 nitrogen and oxygen atoms in total. The van der Waals surface area contributed by atoms with Crippen LogP contribution < -0.4 is 5.32 Å². The van der Waals surface area contributed by atoms with Gasteiger partial charge in [0.1, 0.15) is 0 Å². The number of nitrogens with one attached hydrogen (secondary N) is 1. The second-order valence-electron chi connectivity index (χ2n) is 4.13. The van der Waals surface area contributed by atoms with Crippen LogP contribution in [-0.2, 0) is 0 Å². The molecule has 0 aliphatic heterocycles.